The zero-order valence-corrected chi connectivity index (χ0v) is 12.9. The smallest absolute Gasteiger partial charge is 0.132 e. The number of benzene rings is 1. The second-order valence-electron chi connectivity index (χ2n) is 5.80. The average Bonchev–Trinajstić information content (AvgIpc) is 2.46. The molecule has 3 heteroatoms. The fourth-order valence-electron chi connectivity index (χ4n) is 3.23. The lowest BCUT2D eigenvalue weighted by atomic mass is 9.93. The summed E-state index contributed by atoms with van der Waals surface area (Å²) in [6.45, 7) is 2.14. The van der Waals surface area contributed by atoms with E-state index in [4.69, 9.17) is 16.6 Å². The number of aromatic nitrogens is 1. The fraction of sp³-hybridized carbons (Fsp3) is 0.471. The van der Waals surface area contributed by atoms with Crippen molar-refractivity contribution in [3.05, 3.63) is 35.9 Å². The summed E-state index contributed by atoms with van der Waals surface area (Å²) in [5, 5.41) is 1.44. The van der Waals surface area contributed by atoms with Crippen molar-refractivity contribution < 1.29 is 0 Å². The second-order valence-corrected chi connectivity index (χ2v) is 6.36. The normalized spacial score (nSPS) is 22.9. The third kappa shape index (κ3) is 2.49. The molecule has 106 valence electrons. The highest BCUT2D eigenvalue weighted by molar-refractivity contribution is 6.21. The van der Waals surface area contributed by atoms with Crippen LogP contribution in [0.15, 0.2) is 30.3 Å². The van der Waals surface area contributed by atoms with Gasteiger partial charge in [0.05, 0.1) is 10.9 Å². The van der Waals surface area contributed by atoms with Crippen molar-refractivity contribution in [2.45, 2.75) is 44.0 Å². The molecule has 0 N–H and O–H groups in total. The van der Waals surface area contributed by atoms with E-state index in [1.54, 1.807) is 0 Å². The van der Waals surface area contributed by atoms with E-state index >= 15 is 0 Å². The molecule has 1 fully saturated rings. The summed E-state index contributed by atoms with van der Waals surface area (Å²) in [5.41, 5.74) is 2.28. The number of para-hydroxylation sites is 1. The lowest BCUT2D eigenvalue weighted by molar-refractivity contribution is 0.432. The van der Waals surface area contributed by atoms with Crippen molar-refractivity contribution in [3.63, 3.8) is 0 Å². The molecule has 1 heterocycles. The van der Waals surface area contributed by atoms with E-state index in [-0.39, 0.29) is 5.38 Å². The molecule has 3 rings (SSSR count). The summed E-state index contributed by atoms with van der Waals surface area (Å²) in [7, 11) is 2.13. The predicted molar refractivity (Wildman–Crippen MR) is 86.8 cm³/mol. The van der Waals surface area contributed by atoms with Crippen LogP contribution in [0.5, 0.6) is 0 Å². The van der Waals surface area contributed by atoms with Crippen molar-refractivity contribution in [1.82, 2.24) is 4.98 Å². The van der Waals surface area contributed by atoms with Gasteiger partial charge >= 0.3 is 0 Å². The largest absolute Gasteiger partial charge is 0.355 e. The SMILES string of the molecule is Cc1cc2ccccc2nc1N(C)C1CCCCC1Cl. The molecule has 0 aliphatic heterocycles. The van der Waals surface area contributed by atoms with Gasteiger partial charge in [-0.3, -0.25) is 0 Å². The topological polar surface area (TPSA) is 16.1 Å². The third-order valence-corrected chi connectivity index (χ3v) is 4.88. The molecule has 2 atom stereocenters. The van der Waals surface area contributed by atoms with E-state index in [0.717, 1.165) is 17.8 Å². The summed E-state index contributed by atoms with van der Waals surface area (Å²) in [4.78, 5) is 7.14. The molecule has 2 unspecified atom stereocenters. The maximum atomic E-state index is 6.53. The molecule has 0 saturated heterocycles. The standard InChI is InChI=1S/C17H21ClN2/c1-12-11-13-7-3-5-9-15(13)19-17(12)20(2)16-10-6-4-8-14(16)18/h3,5,7,9,11,14,16H,4,6,8,10H2,1-2H3. The van der Waals surface area contributed by atoms with Gasteiger partial charge in [-0.2, -0.15) is 0 Å². The van der Waals surface area contributed by atoms with Crippen LogP contribution < -0.4 is 4.90 Å². The molecule has 2 nitrogen and oxygen atoms in total. The molecule has 1 aliphatic carbocycles. The number of pyridine rings is 1. The summed E-state index contributed by atoms with van der Waals surface area (Å²) in [6.07, 6.45) is 4.80. The average molecular weight is 289 g/mol. The number of fused-ring (bicyclic) bond motifs is 1. The highest BCUT2D eigenvalue weighted by Crippen LogP contribution is 2.31. The van der Waals surface area contributed by atoms with Crippen LogP contribution in [0.25, 0.3) is 10.9 Å². The molecule has 0 spiro atoms. The fourth-order valence-corrected chi connectivity index (χ4v) is 3.68. The quantitative estimate of drug-likeness (QED) is 0.755. The van der Waals surface area contributed by atoms with Gasteiger partial charge in [0.2, 0.25) is 0 Å². The highest BCUT2D eigenvalue weighted by atomic mass is 35.5. The number of anilines is 1. The maximum Gasteiger partial charge on any atom is 0.132 e. The van der Waals surface area contributed by atoms with Crippen LogP contribution in [0.4, 0.5) is 5.82 Å². The van der Waals surface area contributed by atoms with Gasteiger partial charge in [0, 0.05) is 18.5 Å². The summed E-state index contributed by atoms with van der Waals surface area (Å²) in [5.74, 6) is 1.07. The molecular formula is C17H21ClN2. The van der Waals surface area contributed by atoms with Gasteiger partial charge in [-0.25, -0.2) is 4.98 Å². The highest BCUT2D eigenvalue weighted by Gasteiger charge is 2.28. The molecule has 1 aliphatic rings. The molecule has 0 radical (unpaired) electrons. The molecule has 20 heavy (non-hydrogen) atoms. The zero-order chi connectivity index (χ0) is 14.1. The number of hydrogen-bond donors (Lipinski definition) is 0. The molecule has 1 saturated carbocycles. The Bertz CT molecular complexity index is 611. The maximum absolute atomic E-state index is 6.53. The van der Waals surface area contributed by atoms with Crippen LogP contribution >= 0.6 is 11.6 Å². The second kappa shape index (κ2) is 5.61. The first-order valence-electron chi connectivity index (χ1n) is 7.40. The Morgan fingerprint density at radius 2 is 1.95 bits per heavy atom. The van der Waals surface area contributed by atoms with E-state index in [0.29, 0.717) is 6.04 Å². The van der Waals surface area contributed by atoms with Gasteiger partial charge in [-0.05, 0) is 37.5 Å². The number of aryl methyl sites for hydroxylation is 1. The molecule has 0 amide bonds. The van der Waals surface area contributed by atoms with Gasteiger partial charge in [0.15, 0.2) is 0 Å². The lowest BCUT2D eigenvalue weighted by Crippen LogP contribution is -2.41. The van der Waals surface area contributed by atoms with Crippen LogP contribution in [0.2, 0.25) is 0 Å². The Kier molecular flexibility index (Phi) is 3.84. The number of nitrogens with zero attached hydrogens (tertiary/aromatic N) is 2. The van der Waals surface area contributed by atoms with Crippen molar-refractivity contribution in [2.75, 3.05) is 11.9 Å². The number of alkyl halides is 1. The van der Waals surface area contributed by atoms with Crippen LogP contribution in [-0.2, 0) is 0 Å². The number of hydrogen-bond acceptors (Lipinski definition) is 2. The Balaban J connectivity index is 1.98. The lowest BCUT2D eigenvalue weighted by Gasteiger charge is -2.36. The Hall–Kier alpha value is -1.28. The number of rotatable bonds is 2. The van der Waals surface area contributed by atoms with E-state index in [1.807, 2.05) is 6.07 Å². The Morgan fingerprint density at radius 3 is 2.75 bits per heavy atom. The first-order valence-corrected chi connectivity index (χ1v) is 7.84. The van der Waals surface area contributed by atoms with E-state index in [9.17, 15) is 0 Å². The summed E-state index contributed by atoms with van der Waals surface area (Å²) < 4.78 is 0. The molecular weight excluding hydrogens is 268 g/mol. The Labute approximate surface area is 125 Å². The monoisotopic (exact) mass is 288 g/mol. The van der Waals surface area contributed by atoms with Crippen molar-refractivity contribution in [2.24, 2.45) is 0 Å². The van der Waals surface area contributed by atoms with Crippen molar-refractivity contribution >= 4 is 28.3 Å². The minimum atomic E-state index is 0.237. The van der Waals surface area contributed by atoms with Crippen LogP contribution in [0, 0.1) is 6.92 Å². The number of halogens is 1. The van der Waals surface area contributed by atoms with E-state index in [1.165, 1.54) is 30.2 Å². The summed E-state index contributed by atoms with van der Waals surface area (Å²) in [6, 6.07) is 10.9. The van der Waals surface area contributed by atoms with Crippen LogP contribution in [0.1, 0.15) is 31.2 Å². The van der Waals surface area contributed by atoms with E-state index in [2.05, 4.69) is 43.1 Å². The van der Waals surface area contributed by atoms with Gasteiger partial charge < -0.3 is 4.90 Å². The minimum Gasteiger partial charge on any atom is -0.355 e. The Morgan fingerprint density at radius 1 is 1.20 bits per heavy atom. The minimum absolute atomic E-state index is 0.237. The van der Waals surface area contributed by atoms with Gasteiger partial charge in [0.25, 0.3) is 0 Å². The van der Waals surface area contributed by atoms with E-state index < -0.39 is 0 Å². The van der Waals surface area contributed by atoms with Crippen molar-refractivity contribution in [3.8, 4) is 0 Å². The molecule has 0 bridgehead atoms. The third-order valence-electron chi connectivity index (χ3n) is 4.37. The van der Waals surface area contributed by atoms with Gasteiger partial charge in [-0.1, -0.05) is 31.0 Å². The molecule has 1 aromatic heterocycles. The first kappa shape index (κ1) is 13.7. The van der Waals surface area contributed by atoms with Gasteiger partial charge in [-0.15, -0.1) is 11.6 Å². The molecule has 1 aromatic carbocycles. The van der Waals surface area contributed by atoms with Crippen molar-refractivity contribution in [1.29, 1.82) is 0 Å². The zero-order valence-electron chi connectivity index (χ0n) is 12.1. The first-order chi connectivity index (χ1) is 9.66. The predicted octanol–water partition coefficient (Wildman–Crippen LogP) is 4.53. The van der Waals surface area contributed by atoms with Gasteiger partial charge in [0.1, 0.15) is 5.82 Å². The van der Waals surface area contributed by atoms with Crippen LogP contribution in [-0.4, -0.2) is 23.5 Å². The molecule has 2 aromatic rings. The summed E-state index contributed by atoms with van der Waals surface area (Å²) >= 11 is 6.53. The van der Waals surface area contributed by atoms with Crippen LogP contribution in [0.3, 0.4) is 0 Å².